The summed E-state index contributed by atoms with van der Waals surface area (Å²) in [5.74, 6) is -3.13. The monoisotopic (exact) mass is 417 g/mol. The van der Waals surface area contributed by atoms with Crippen LogP contribution in [-0.4, -0.2) is 35.4 Å². The molecule has 2 amide bonds. The van der Waals surface area contributed by atoms with Gasteiger partial charge < -0.3 is 15.4 Å². The molecular formula is C20H20FN3O6. The van der Waals surface area contributed by atoms with E-state index in [4.69, 9.17) is 4.74 Å². The number of carbonyl (C=O) groups excluding carboxylic acids is 3. The smallest absolute Gasteiger partial charge is 0.326 e. The summed E-state index contributed by atoms with van der Waals surface area (Å²) in [6.45, 7) is 4.60. The molecule has 2 aromatic rings. The van der Waals surface area contributed by atoms with E-state index < -0.39 is 46.9 Å². The van der Waals surface area contributed by atoms with Crippen molar-refractivity contribution in [3.05, 3.63) is 69.0 Å². The number of nitrogens with one attached hydrogen (secondary N) is 2. The van der Waals surface area contributed by atoms with Gasteiger partial charge >= 0.3 is 11.7 Å². The summed E-state index contributed by atoms with van der Waals surface area (Å²) < 4.78 is 18.3. The second-order valence-electron chi connectivity index (χ2n) is 6.53. The van der Waals surface area contributed by atoms with Gasteiger partial charge in [0, 0.05) is 17.3 Å². The molecule has 0 radical (unpaired) electrons. The first-order chi connectivity index (χ1) is 14.1. The van der Waals surface area contributed by atoms with Crippen LogP contribution in [0.15, 0.2) is 36.4 Å². The van der Waals surface area contributed by atoms with E-state index in [1.165, 1.54) is 6.92 Å². The molecule has 2 aromatic carbocycles. The molecule has 0 unspecified atom stereocenters. The Balaban J connectivity index is 1.88. The van der Waals surface area contributed by atoms with Crippen molar-refractivity contribution in [3.63, 3.8) is 0 Å². The van der Waals surface area contributed by atoms with Crippen molar-refractivity contribution in [1.29, 1.82) is 0 Å². The number of benzene rings is 2. The highest BCUT2D eigenvalue weighted by Gasteiger charge is 2.21. The zero-order chi connectivity index (χ0) is 22.4. The third-order valence-corrected chi connectivity index (χ3v) is 4.25. The Kier molecular flexibility index (Phi) is 7.18. The Bertz CT molecular complexity index is 1010. The Labute approximate surface area is 171 Å². The van der Waals surface area contributed by atoms with Crippen molar-refractivity contribution in [1.82, 2.24) is 5.32 Å². The number of amides is 2. The number of nitrogens with zero attached hydrogens (tertiary/aromatic N) is 1. The first-order valence-corrected chi connectivity index (χ1v) is 8.88. The molecule has 0 bridgehead atoms. The van der Waals surface area contributed by atoms with E-state index in [-0.39, 0.29) is 5.69 Å². The summed E-state index contributed by atoms with van der Waals surface area (Å²) >= 11 is 0. The van der Waals surface area contributed by atoms with Gasteiger partial charge in [-0.2, -0.15) is 4.39 Å². The number of aryl methyl sites for hydroxylation is 2. The highest BCUT2D eigenvalue weighted by atomic mass is 19.1. The Morgan fingerprint density at radius 1 is 1.13 bits per heavy atom. The van der Waals surface area contributed by atoms with Gasteiger partial charge in [-0.05, 0) is 56.2 Å². The average molecular weight is 417 g/mol. The number of hydrogen-bond acceptors (Lipinski definition) is 6. The van der Waals surface area contributed by atoms with Gasteiger partial charge in [-0.25, -0.2) is 0 Å². The van der Waals surface area contributed by atoms with Crippen molar-refractivity contribution in [3.8, 4) is 0 Å². The SMILES string of the molecule is Cc1ccc(C(=O)NCC(=O)O[C@H](C)C(=O)Nc2ccc(F)c([N+](=O)[O-])c2)cc1C. The lowest BCUT2D eigenvalue weighted by atomic mass is 10.1. The molecule has 2 N–H and O–H groups in total. The summed E-state index contributed by atoms with van der Waals surface area (Å²) in [5.41, 5.74) is 1.51. The number of anilines is 1. The lowest BCUT2D eigenvalue weighted by Gasteiger charge is -2.14. The topological polar surface area (TPSA) is 128 Å². The molecule has 0 aliphatic heterocycles. The molecule has 9 nitrogen and oxygen atoms in total. The zero-order valence-electron chi connectivity index (χ0n) is 16.5. The fraction of sp³-hybridized carbons (Fsp3) is 0.250. The van der Waals surface area contributed by atoms with Crippen LogP contribution in [0.5, 0.6) is 0 Å². The summed E-state index contributed by atoms with van der Waals surface area (Å²) in [4.78, 5) is 45.9. The lowest BCUT2D eigenvalue weighted by Crippen LogP contribution is -2.35. The molecule has 0 fully saturated rings. The largest absolute Gasteiger partial charge is 0.451 e. The van der Waals surface area contributed by atoms with Gasteiger partial charge in [-0.1, -0.05) is 6.07 Å². The van der Waals surface area contributed by atoms with Gasteiger partial charge in [0.2, 0.25) is 5.82 Å². The lowest BCUT2D eigenvalue weighted by molar-refractivity contribution is -0.387. The van der Waals surface area contributed by atoms with Gasteiger partial charge in [0.25, 0.3) is 11.8 Å². The van der Waals surface area contributed by atoms with Crippen molar-refractivity contribution >= 4 is 29.2 Å². The van der Waals surface area contributed by atoms with Crippen molar-refractivity contribution in [2.75, 3.05) is 11.9 Å². The maximum atomic E-state index is 13.3. The highest BCUT2D eigenvalue weighted by Crippen LogP contribution is 2.21. The average Bonchev–Trinajstić information content (AvgIpc) is 2.69. The van der Waals surface area contributed by atoms with E-state index in [9.17, 15) is 28.9 Å². The number of esters is 1. The molecule has 0 aromatic heterocycles. The molecule has 158 valence electrons. The molecule has 0 spiro atoms. The minimum absolute atomic E-state index is 0.0287. The first-order valence-electron chi connectivity index (χ1n) is 8.88. The van der Waals surface area contributed by atoms with Crippen LogP contribution in [0.1, 0.15) is 28.4 Å². The number of rotatable bonds is 7. The van der Waals surface area contributed by atoms with E-state index in [0.29, 0.717) is 5.56 Å². The van der Waals surface area contributed by atoms with Crippen molar-refractivity contribution in [2.24, 2.45) is 0 Å². The quantitative estimate of drug-likeness (QED) is 0.405. The fourth-order valence-corrected chi connectivity index (χ4v) is 2.40. The minimum atomic E-state index is -1.25. The third-order valence-electron chi connectivity index (χ3n) is 4.25. The molecule has 0 saturated heterocycles. The van der Waals surface area contributed by atoms with Gasteiger partial charge in [-0.15, -0.1) is 0 Å². The molecule has 2 rings (SSSR count). The van der Waals surface area contributed by atoms with Gasteiger partial charge in [-0.3, -0.25) is 24.5 Å². The van der Waals surface area contributed by atoms with Gasteiger partial charge in [0.15, 0.2) is 6.10 Å². The third kappa shape index (κ3) is 5.84. The maximum Gasteiger partial charge on any atom is 0.326 e. The van der Waals surface area contributed by atoms with Crippen LogP contribution in [0.2, 0.25) is 0 Å². The van der Waals surface area contributed by atoms with E-state index in [2.05, 4.69) is 10.6 Å². The first kappa shape index (κ1) is 22.5. The van der Waals surface area contributed by atoms with E-state index >= 15 is 0 Å². The van der Waals surface area contributed by atoms with E-state index in [1.54, 1.807) is 18.2 Å². The fourth-order valence-electron chi connectivity index (χ4n) is 2.40. The number of nitro benzene ring substituents is 1. The molecule has 0 heterocycles. The predicted octanol–water partition coefficient (Wildman–Crippen LogP) is 2.65. The molecule has 0 aliphatic rings. The van der Waals surface area contributed by atoms with E-state index in [1.807, 2.05) is 13.8 Å². The zero-order valence-corrected chi connectivity index (χ0v) is 16.5. The van der Waals surface area contributed by atoms with Gasteiger partial charge in [0.1, 0.15) is 6.54 Å². The van der Waals surface area contributed by atoms with Gasteiger partial charge in [0.05, 0.1) is 4.92 Å². The number of halogens is 1. The predicted molar refractivity (Wildman–Crippen MR) is 105 cm³/mol. The minimum Gasteiger partial charge on any atom is -0.451 e. The van der Waals surface area contributed by atoms with Crippen LogP contribution in [0.3, 0.4) is 0 Å². The molecule has 30 heavy (non-hydrogen) atoms. The van der Waals surface area contributed by atoms with Crippen LogP contribution >= 0.6 is 0 Å². The normalized spacial score (nSPS) is 11.3. The Hall–Kier alpha value is -3.82. The number of carbonyl (C=O) groups is 3. The summed E-state index contributed by atoms with van der Waals surface area (Å²) in [5, 5.41) is 15.5. The molecule has 0 saturated carbocycles. The molecule has 1 atom stereocenters. The van der Waals surface area contributed by atoms with Crippen LogP contribution in [-0.2, 0) is 14.3 Å². The maximum absolute atomic E-state index is 13.3. The summed E-state index contributed by atoms with van der Waals surface area (Å²) in [7, 11) is 0. The number of hydrogen-bond donors (Lipinski definition) is 2. The van der Waals surface area contributed by atoms with Crippen LogP contribution in [0.4, 0.5) is 15.8 Å². The summed E-state index contributed by atoms with van der Waals surface area (Å²) in [6, 6.07) is 7.93. The van der Waals surface area contributed by atoms with Crippen LogP contribution < -0.4 is 10.6 Å². The van der Waals surface area contributed by atoms with Crippen molar-refractivity contribution in [2.45, 2.75) is 26.9 Å². The highest BCUT2D eigenvalue weighted by molar-refractivity contribution is 5.97. The van der Waals surface area contributed by atoms with Crippen LogP contribution in [0, 0.1) is 29.8 Å². The number of ether oxygens (including phenoxy) is 1. The van der Waals surface area contributed by atoms with Crippen LogP contribution in [0.25, 0.3) is 0 Å². The Morgan fingerprint density at radius 3 is 2.47 bits per heavy atom. The standard InChI is InChI=1S/C20H20FN3O6/c1-11-4-5-14(8-12(11)2)20(27)22-10-18(25)30-13(3)19(26)23-15-6-7-16(21)17(9-15)24(28)29/h4-9,13H,10H2,1-3H3,(H,22,27)(H,23,26)/t13-/m1/s1. The molecule has 10 heteroatoms. The Morgan fingerprint density at radius 2 is 1.83 bits per heavy atom. The molecular weight excluding hydrogens is 397 g/mol. The number of nitro groups is 1. The summed E-state index contributed by atoms with van der Waals surface area (Å²) in [6.07, 6.45) is -1.25. The van der Waals surface area contributed by atoms with E-state index in [0.717, 1.165) is 29.3 Å². The molecule has 0 aliphatic carbocycles. The second-order valence-corrected chi connectivity index (χ2v) is 6.53. The van der Waals surface area contributed by atoms with Crippen molar-refractivity contribution < 1.29 is 28.4 Å². The second kappa shape index (κ2) is 9.59.